The number of unbranched alkanes of at least 4 members (excludes halogenated alkanes) is 2. The predicted octanol–water partition coefficient (Wildman–Crippen LogP) is 7.63. The standard InChI is InChI=1S/C25H36INOS/c1-4-5-6-9-23(28)19-11-13-20(14-12-19)25-17(2)15-22(26)21(25)8-7-10-24-27-16-18(3)29-24/h11-14,16-17,21-23,25,28H,4-10,15H2,1-3H3/t17-,21+,22?,23?,25?/m1/s1. The van der Waals surface area contributed by atoms with Crippen LogP contribution in [0.4, 0.5) is 0 Å². The Balaban J connectivity index is 1.61. The molecule has 3 rings (SSSR count). The second kappa shape index (κ2) is 11.2. The Bertz CT molecular complexity index is 744. The zero-order valence-electron chi connectivity index (χ0n) is 18.1. The van der Waals surface area contributed by atoms with Crippen LogP contribution in [0.25, 0.3) is 0 Å². The summed E-state index contributed by atoms with van der Waals surface area (Å²) in [5, 5.41) is 11.8. The molecule has 160 valence electrons. The van der Waals surface area contributed by atoms with Crippen molar-refractivity contribution < 1.29 is 5.11 Å². The number of aryl methyl sites for hydroxylation is 2. The maximum absolute atomic E-state index is 10.5. The third-order valence-corrected chi connectivity index (χ3v) is 8.93. The smallest absolute Gasteiger partial charge is 0.0927 e. The average Bonchev–Trinajstić information content (AvgIpc) is 3.24. The van der Waals surface area contributed by atoms with Gasteiger partial charge >= 0.3 is 0 Å². The van der Waals surface area contributed by atoms with Crippen LogP contribution in [0.5, 0.6) is 0 Å². The molecule has 1 N–H and O–H groups in total. The fourth-order valence-corrected chi connectivity index (χ4v) is 7.40. The molecule has 29 heavy (non-hydrogen) atoms. The third-order valence-electron chi connectivity index (χ3n) is 6.52. The van der Waals surface area contributed by atoms with Gasteiger partial charge in [0.25, 0.3) is 0 Å². The number of hydrogen-bond acceptors (Lipinski definition) is 3. The van der Waals surface area contributed by atoms with E-state index < -0.39 is 0 Å². The molecule has 1 fully saturated rings. The molecule has 1 aliphatic carbocycles. The van der Waals surface area contributed by atoms with Crippen molar-refractivity contribution >= 4 is 33.9 Å². The van der Waals surface area contributed by atoms with E-state index in [0.717, 1.165) is 40.6 Å². The van der Waals surface area contributed by atoms with Crippen molar-refractivity contribution in [3.8, 4) is 0 Å². The van der Waals surface area contributed by atoms with E-state index in [1.165, 1.54) is 47.6 Å². The highest BCUT2D eigenvalue weighted by atomic mass is 127. The van der Waals surface area contributed by atoms with Gasteiger partial charge in [0.15, 0.2) is 0 Å². The van der Waals surface area contributed by atoms with E-state index in [-0.39, 0.29) is 6.10 Å². The maximum atomic E-state index is 10.5. The van der Waals surface area contributed by atoms with Crippen LogP contribution >= 0.6 is 33.9 Å². The summed E-state index contributed by atoms with van der Waals surface area (Å²) < 4.78 is 0.755. The zero-order chi connectivity index (χ0) is 20.8. The van der Waals surface area contributed by atoms with Crippen LogP contribution < -0.4 is 0 Å². The Hall–Kier alpha value is -0.460. The highest BCUT2D eigenvalue weighted by molar-refractivity contribution is 14.1. The van der Waals surface area contributed by atoms with Gasteiger partial charge in [-0.05, 0) is 67.9 Å². The molecule has 0 aliphatic heterocycles. The summed E-state index contributed by atoms with van der Waals surface area (Å²) in [6.45, 7) is 6.77. The summed E-state index contributed by atoms with van der Waals surface area (Å²) in [5.41, 5.74) is 2.55. The van der Waals surface area contributed by atoms with Gasteiger partial charge in [-0.25, -0.2) is 4.98 Å². The van der Waals surface area contributed by atoms with Crippen molar-refractivity contribution in [1.29, 1.82) is 0 Å². The number of alkyl halides is 1. The SMILES string of the molecule is CCCCCC(O)c1ccc(C2[C@@H](CCCc3ncc(C)s3)C(I)C[C@H]2C)cc1. The predicted molar refractivity (Wildman–Crippen MR) is 133 cm³/mol. The van der Waals surface area contributed by atoms with Crippen molar-refractivity contribution in [2.75, 3.05) is 0 Å². The molecule has 2 nitrogen and oxygen atoms in total. The Morgan fingerprint density at radius 2 is 1.97 bits per heavy atom. The van der Waals surface area contributed by atoms with E-state index in [2.05, 4.69) is 72.6 Å². The highest BCUT2D eigenvalue weighted by Crippen LogP contribution is 2.49. The quantitative estimate of drug-likeness (QED) is 0.197. The molecule has 0 radical (unpaired) electrons. The molecule has 0 saturated heterocycles. The number of halogens is 1. The topological polar surface area (TPSA) is 33.1 Å². The molecule has 4 heteroatoms. The first kappa shape index (κ1) is 23.2. The largest absolute Gasteiger partial charge is 0.388 e. The van der Waals surface area contributed by atoms with Crippen LogP contribution in [0.2, 0.25) is 0 Å². The molecule has 1 aromatic carbocycles. The summed E-state index contributed by atoms with van der Waals surface area (Å²) in [6, 6.07) is 8.94. The first-order valence-electron chi connectivity index (χ1n) is 11.3. The van der Waals surface area contributed by atoms with Crippen LogP contribution in [0, 0.1) is 18.8 Å². The number of aromatic nitrogens is 1. The number of nitrogens with zero attached hydrogens (tertiary/aromatic N) is 1. The van der Waals surface area contributed by atoms with Crippen LogP contribution in [0.3, 0.4) is 0 Å². The number of aliphatic hydroxyl groups excluding tert-OH is 1. The second-order valence-corrected chi connectivity index (χ2v) is 11.8. The average molecular weight is 526 g/mol. The molecule has 0 amide bonds. The fourth-order valence-electron chi connectivity index (χ4n) is 4.96. The summed E-state index contributed by atoms with van der Waals surface area (Å²) in [6.07, 6.45) is 11.0. The molecular formula is C25H36INOS. The number of rotatable bonds is 10. The minimum Gasteiger partial charge on any atom is -0.388 e. The monoisotopic (exact) mass is 525 g/mol. The molecule has 1 aromatic heterocycles. The van der Waals surface area contributed by atoms with Crippen molar-refractivity contribution in [3.05, 3.63) is 51.5 Å². The lowest BCUT2D eigenvalue weighted by Crippen LogP contribution is -2.16. The molecule has 1 heterocycles. The lowest BCUT2D eigenvalue weighted by atomic mass is 9.81. The van der Waals surface area contributed by atoms with E-state index >= 15 is 0 Å². The van der Waals surface area contributed by atoms with Gasteiger partial charge in [-0.15, -0.1) is 11.3 Å². The maximum Gasteiger partial charge on any atom is 0.0927 e. The first-order chi connectivity index (χ1) is 14.0. The van der Waals surface area contributed by atoms with Crippen molar-refractivity contribution in [3.63, 3.8) is 0 Å². The zero-order valence-corrected chi connectivity index (χ0v) is 21.1. The van der Waals surface area contributed by atoms with Gasteiger partial charge in [-0.2, -0.15) is 0 Å². The van der Waals surface area contributed by atoms with Gasteiger partial charge in [0, 0.05) is 15.0 Å². The molecular weight excluding hydrogens is 489 g/mol. The molecule has 5 atom stereocenters. The minimum absolute atomic E-state index is 0.313. The summed E-state index contributed by atoms with van der Waals surface area (Å²) in [7, 11) is 0. The number of benzene rings is 1. The van der Waals surface area contributed by atoms with Crippen LogP contribution in [-0.2, 0) is 6.42 Å². The van der Waals surface area contributed by atoms with Crippen LogP contribution in [-0.4, -0.2) is 14.0 Å². The first-order valence-corrected chi connectivity index (χ1v) is 13.4. The van der Waals surface area contributed by atoms with E-state index in [1.54, 1.807) is 0 Å². The Kier molecular flexibility index (Phi) is 9.00. The Morgan fingerprint density at radius 3 is 2.62 bits per heavy atom. The van der Waals surface area contributed by atoms with Crippen molar-refractivity contribution in [1.82, 2.24) is 4.98 Å². The summed E-state index contributed by atoms with van der Waals surface area (Å²) in [5.74, 6) is 2.11. The van der Waals surface area contributed by atoms with Crippen LogP contribution in [0.1, 0.15) is 91.8 Å². The van der Waals surface area contributed by atoms with Gasteiger partial charge in [0.1, 0.15) is 0 Å². The third kappa shape index (κ3) is 6.27. The van der Waals surface area contributed by atoms with Crippen molar-refractivity contribution in [2.45, 2.75) is 88.1 Å². The van der Waals surface area contributed by atoms with E-state index in [0.29, 0.717) is 5.92 Å². The summed E-state index contributed by atoms with van der Waals surface area (Å²) in [4.78, 5) is 5.85. The summed E-state index contributed by atoms with van der Waals surface area (Å²) >= 11 is 4.54. The normalized spacial score (nSPS) is 25.4. The molecule has 2 aromatic rings. The Morgan fingerprint density at radius 1 is 1.21 bits per heavy atom. The number of thiazole rings is 1. The van der Waals surface area contributed by atoms with Gasteiger partial charge in [-0.1, -0.05) is 80.0 Å². The molecule has 1 aliphatic rings. The number of aliphatic hydroxyl groups is 1. The second-order valence-electron chi connectivity index (χ2n) is 8.85. The minimum atomic E-state index is -0.313. The molecule has 3 unspecified atom stereocenters. The fraction of sp³-hybridized carbons (Fsp3) is 0.640. The van der Waals surface area contributed by atoms with E-state index in [9.17, 15) is 5.11 Å². The lowest BCUT2D eigenvalue weighted by Gasteiger charge is -2.25. The number of hydrogen-bond donors (Lipinski definition) is 1. The molecule has 0 spiro atoms. The van der Waals surface area contributed by atoms with E-state index in [4.69, 9.17) is 0 Å². The highest BCUT2D eigenvalue weighted by Gasteiger charge is 2.40. The van der Waals surface area contributed by atoms with Crippen LogP contribution in [0.15, 0.2) is 30.5 Å². The van der Waals surface area contributed by atoms with Gasteiger partial charge in [0.2, 0.25) is 0 Å². The van der Waals surface area contributed by atoms with Gasteiger partial charge in [-0.3, -0.25) is 0 Å². The van der Waals surface area contributed by atoms with Gasteiger partial charge < -0.3 is 5.11 Å². The molecule has 1 saturated carbocycles. The molecule has 0 bridgehead atoms. The Labute approximate surface area is 194 Å². The lowest BCUT2D eigenvalue weighted by molar-refractivity contribution is 0.163. The van der Waals surface area contributed by atoms with Crippen molar-refractivity contribution in [2.24, 2.45) is 11.8 Å². The van der Waals surface area contributed by atoms with E-state index in [1.807, 2.05) is 17.5 Å². The van der Waals surface area contributed by atoms with Gasteiger partial charge in [0.05, 0.1) is 11.1 Å².